The van der Waals surface area contributed by atoms with Gasteiger partial charge in [0, 0.05) is 19.3 Å². The highest BCUT2D eigenvalue weighted by Crippen LogP contribution is 2.34. The average molecular weight is 419 g/mol. The zero-order valence-corrected chi connectivity index (χ0v) is 18.1. The average Bonchev–Trinajstić information content (AvgIpc) is 3.08. The molecule has 3 rings (SSSR count). The van der Waals surface area contributed by atoms with Gasteiger partial charge in [-0.3, -0.25) is 9.67 Å². The lowest BCUT2D eigenvalue weighted by Gasteiger charge is -2.27. The van der Waals surface area contributed by atoms with E-state index in [0.717, 1.165) is 36.8 Å². The summed E-state index contributed by atoms with van der Waals surface area (Å²) in [4.78, 5) is 3.45. The second kappa shape index (κ2) is 8.66. The Labute approximate surface area is 175 Å². The Kier molecular flexibility index (Phi) is 6.38. The SMILES string of the molecule is CN=C(/C=C(/c1cc2n(n1)CCCC2Nc1c(C)cccc1C)C(C)C)C(F)(F)F. The van der Waals surface area contributed by atoms with E-state index >= 15 is 0 Å². The van der Waals surface area contributed by atoms with Crippen LogP contribution in [0.1, 0.15) is 55.2 Å². The molecule has 2 heterocycles. The number of anilines is 1. The molecule has 0 saturated heterocycles. The van der Waals surface area contributed by atoms with Crippen molar-refractivity contribution in [2.75, 3.05) is 12.4 Å². The van der Waals surface area contributed by atoms with Crippen LogP contribution in [-0.2, 0) is 6.54 Å². The fourth-order valence-electron chi connectivity index (χ4n) is 3.94. The van der Waals surface area contributed by atoms with Gasteiger partial charge in [-0.25, -0.2) is 0 Å². The highest BCUT2D eigenvalue weighted by Gasteiger charge is 2.34. The zero-order chi connectivity index (χ0) is 22.1. The highest BCUT2D eigenvalue weighted by atomic mass is 19.4. The first-order valence-electron chi connectivity index (χ1n) is 10.3. The molecule has 1 aliphatic heterocycles. The maximum Gasteiger partial charge on any atom is 0.432 e. The number of hydrogen-bond acceptors (Lipinski definition) is 3. The molecule has 1 unspecified atom stereocenters. The van der Waals surface area contributed by atoms with Crippen molar-refractivity contribution in [2.45, 2.75) is 59.3 Å². The van der Waals surface area contributed by atoms with E-state index in [4.69, 9.17) is 0 Å². The molecule has 1 N–H and O–H groups in total. The normalized spacial score (nSPS) is 18.0. The van der Waals surface area contributed by atoms with Gasteiger partial charge in [0.05, 0.1) is 17.4 Å². The first kappa shape index (κ1) is 22.1. The van der Waals surface area contributed by atoms with Gasteiger partial charge in [0.25, 0.3) is 0 Å². The van der Waals surface area contributed by atoms with Crippen LogP contribution in [0.25, 0.3) is 5.57 Å². The predicted octanol–water partition coefficient (Wildman–Crippen LogP) is 6.12. The summed E-state index contributed by atoms with van der Waals surface area (Å²) in [6, 6.07) is 8.17. The molecule has 30 heavy (non-hydrogen) atoms. The molecule has 0 aliphatic carbocycles. The molecule has 1 atom stereocenters. The summed E-state index contributed by atoms with van der Waals surface area (Å²) in [6.07, 6.45) is -1.45. The summed E-state index contributed by atoms with van der Waals surface area (Å²) in [5.41, 5.74) is 4.69. The van der Waals surface area contributed by atoms with Gasteiger partial charge in [-0.15, -0.1) is 0 Å². The quantitative estimate of drug-likeness (QED) is 0.595. The van der Waals surface area contributed by atoms with Crippen LogP contribution in [-0.4, -0.2) is 28.7 Å². The fraction of sp³-hybridized carbons (Fsp3) is 0.478. The van der Waals surface area contributed by atoms with Crippen molar-refractivity contribution in [1.82, 2.24) is 9.78 Å². The molecule has 2 aromatic rings. The Hall–Kier alpha value is -2.57. The number of aryl methyl sites for hydroxylation is 3. The first-order valence-corrected chi connectivity index (χ1v) is 10.3. The summed E-state index contributed by atoms with van der Waals surface area (Å²) < 4.78 is 41.7. The van der Waals surface area contributed by atoms with Gasteiger partial charge < -0.3 is 5.32 Å². The van der Waals surface area contributed by atoms with Crippen molar-refractivity contribution < 1.29 is 13.2 Å². The van der Waals surface area contributed by atoms with Crippen molar-refractivity contribution in [2.24, 2.45) is 10.9 Å². The summed E-state index contributed by atoms with van der Waals surface area (Å²) in [6.45, 7) is 8.66. The second-order valence-electron chi connectivity index (χ2n) is 8.14. The van der Waals surface area contributed by atoms with E-state index in [1.54, 1.807) is 0 Å². The third-order valence-electron chi connectivity index (χ3n) is 5.57. The first-order chi connectivity index (χ1) is 14.1. The van der Waals surface area contributed by atoms with E-state index < -0.39 is 11.9 Å². The van der Waals surface area contributed by atoms with Gasteiger partial charge in [0.15, 0.2) is 0 Å². The second-order valence-corrected chi connectivity index (χ2v) is 8.14. The van der Waals surface area contributed by atoms with Crippen LogP contribution in [0.3, 0.4) is 0 Å². The number of halogens is 3. The molecular weight excluding hydrogens is 389 g/mol. The molecule has 1 aliphatic rings. The van der Waals surface area contributed by atoms with Gasteiger partial charge >= 0.3 is 6.18 Å². The van der Waals surface area contributed by atoms with Gasteiger partial charge in [0.1, 0.15) is 5.71 Å². The lowest BCUT2D eigenvalue weighted by Crippen LogP contribution is -2.22. The number of benzene rings is 1. The predicted molar refractivity (Wildman–Crippen MR) is 116 cm³/mol. The Balaban J connectivity index is 1.99. The molecular formula is C23H29F3N4. The van der Waals surface area contributed by atoms with E-state index in [9.17, 15) is 13.2 Å². The van der Waals surface area contributed by atoms with E-state index in [0.29, 0.717) is 11.3 Å². The van der Waals surface area contributed by atoms with Gasteiger partial charge in [0.2, 0.25) is 0 Å². The number of para-hydroxylation sites is 1. The van der Waals surface area contributed by atoms with E-state index in [1.807, 2.05) is 30.7 Å². The summed E-state index contributed by atoms with van der Waals surface area (Å²) in [5, 5.41) is 8.31. The molecule has 1 aromatic carbocycles. The maximum atomic E-state index is 13.3. The standard InChI is InChI=1S/C23H29F3N4/c1-14(2)17(12-21(27-5)23(24,25)26)19-13-20-18(10-7-11-30(20)29-19)28-22-15(3)8-6-9-16(22)4/h6,8-9,12-14,18,28H,7,10-11H2,1-5H3/b17-12+,27-21?. The Bertz CT molecular complexity index is 947. The third-order valence-corrected chi connectivity index (χ3v) is 5.57. The van der Waals surface area contributed by atoms with Gasteiger partial charge in [-0.2, -0.15) is 18.3 Å². The lowest BCUT2D eigenvalue weighted by molar-refractivity contribution is -0.0577. The fourth-order valence-corrected chi connectivity index (χ4v) is 3.94. The summed E-state index contributed by atoms with van der Waals surface area (Å²) in [5.74, 6) is -0.119. The van der Waals surface area contributed by atoms with Crippen molar-refractivity contribution in [1.29, 1.82) is 0 Å². The monoisotopic (exact) mass is 418 g/mol. The van der Waals surface area contributed by atoms with Gasteiger partial charge in [-0.1, -0.05) is 32.0 Å². The third kappa shape index (κ3) is 4.60. The van der Waals surface area contributed by atoms with Crippen LogP contribution in [0.5, 0.6) is 0 Å². The summed E-state index contributed by atoms with van der Waals surface area (Å²) in [7, 11) is 1.17. The Morgan fingerprint density at radius 2 is 1.93 bits per heavy atom. The molecule has 0 saturated carbocycles. The van der Waals surface area contributed by atoms with Crippen LogP contribution in [0.2, 0.25) is 0 Å². The van der Waals surface area contributed by atoms with Crippen molar-refractivity contribution in [3.05, 3.63) is 52.9 Å². The van der Waals surface area contributed by atoms with Crippen LogP contribution in [0.15, 0.2) is 35.3 Å². The number of nitrogens with zero attached hydrogens (tertiary/aromatic N) is 3. The number of fused-ring (bicyclic) bond motifs is 1. The van der Waals surface area contributed by atoms with Crippen molar-refractivity contribution in [3.8, 4) is 0 Å². The molecule has 7 heteroatoms. The number of aliphatic imine (C=N–C) groups is 1. The van der Waals surface area contributed by atoms with Gasteiger partial charge in [-0.05, 0) is 61.4 Å². The number of hydrogen-bond donors (Lipinski definition) is 1. The summed E-state index contributed by atoms with van der Waals surface area (Å²) >= 11 is 0. The van der Waals surface area contributed by atoms with Crippen LogP contribution in [0, 0.1) is 19.8 Å². The lowest BCUT2D eigenvalue weighted by atomic mass is 9.96. The van der Waals surface area contributed by atoms with Crippen LogP contribution in [0.4, 0.5) is 18.9 Å². The molecule has 1 aromatic heterocycles. The minimum atomic E-state index is -4.49. The molecule has 162 valence electrons. The highest BCUT2D eigenvalue weighted by molar-refractivity contribution is 6.04. The Morgan fingerprint density at radius 1 is 1.27 bits per heavy atom. The van der Waals surface area contributed by atoms with Crippen LogP contribution < -0.4 is 5.32 Å². The van der Waals surface area contributed by atoms with E-state index in [-0.39, 0.29) is 12.0 Å². The number of alkyl halides is 3. The smallest absolute Gasteiger partial charge is 0.376 e. The molecule has 0 radical (unpaired) electrons. The largest absolute Gasteiger partial charge is 0.432 e. The number of rotatable bonds is 5. The maximum absolute atomic E-state index is 13.3. The zero-order valence-electron chi connectivity index (χ0n) is 18.1. The van der Waals surface area contributed by atoms with E-state index in [2.05, 4.69) is 41.4 Å². The topological polar surface area (TPSA) is 42.2 Å². The minimum absolute atomic E-state index is 0.0649. The molecule has 0 spiro atoms. The number of aromatic nitrogens is 2. The molecule has 0 amide bonds. The number of allylic oxidation sites excluding steroid dienone is 2. The number of nitrogens with one attached hydrogen (secondary N) is 1. The Morgan fingerprint density at radius 3 is 2.50 bits per heavy atom. The molecule has 0 fully saturated rings. The van der Waals surface area contributed by atoms with Crippen molar-refractivity contribution in [3.63, 3.8) is 0 Å². The van der Waals surface area contributed by atoms with Crippen molar-refractivity contribution >= 4 is 17.0 Å². The minimum Gasteiger partial charge on any atom is -0.376 e. The van der Waals surface area contributed by atoms with Crippen LogP contribution >= 0.6 is 0 Å². The molecule has 4 nitrogen and oxygen atoms in total. The molecule has 0 bridgehead atoms. The van der Waals surface area contributed by atoms with E-state index in [1.165, 1.54) is 18.2 Å².